The van der Waals surface area contributed by atoms with E-state index in [1.54, 1.807) is 0 Å². The smallest absolute Gasteiger partial charge is 0.408 e. The fourth-order valence-corrected chi connectivity index (χ4v) is 1.66. The minimum atomic E-state index is -1.84. The summed E-state index contributed by atoms with van der Waals surface area (Å²) in [4.78, 5) is 22.6. The molecule has 0 fully saturated rings. The molecule has 1 unspecified atom stereocenters. The van der Waals surface area contributed by atoms with Crippen LogP contribution in [0.15, 0.2) is 6.07 Å². The van der Waals surface area contributed by atoms with Crippen molar-refractivity contribution >= 4 is 12.1 Å². The second-order valence-electron chi connectivity index (χ2n) is 5.69. The standard InChI is InChI=1S/C14H15F4NO4/c1-14(2,3)23-13(22)19-9(12(20)21)4-6-10(17)7(15)5-8(16)11(6)18/h5,9H,4H2,1-3H3,(H,19,22)(H,20,21). The molecule has 0 radical (unpaired) electrons. The van der Waals surface area contributed by atoms with Crippen molar-refractivity contribution in [1.29, 1.82) is 0 Å². The van der Waals surface area contributed by atoms with Gasteiger partial charge >= 0.3 is 12.1 Å². The Balaban J connectivity index is 3.03. The lowest BCUT2D eigenvalue weighted by Crippen LogP contribution is -2.45. The van der Waals surface area contributed by atoms with Gasteiger partial charge in [0.05, 0.1) is 0 Å². The van der Waals surface area contributed by atoms with E-state index in [-0.39, 0.29) is 6.07 Å². The molecule has 1 amide bonds. The molecular formula is C14H15F4NO4. The molecule has 1 aromatic rings. The number of carboxylic acid groups (broad SMARTS) is 1. The molecule has 0 aliphatic rings. The molecule has 1 aromatic carbocycles. The Kier molecular flexibility index (Phi) is 5.57. The van der Waals surface area contributed by atoms with Gasteiger partial charge in [0.1, 0.15) is 11.6 Å². The summed E-state index contributed by atoms with van der Waals surface area (Å²) in [6.45, 7) is 4.55. The van der Waals surface area contributed by atoms with Crippen LogP contribution in [0.3, 0.4) is 0 Å². The summed E-state index contributed by atoms with van der Waals surface area (Å²) < 4.78 is 58.2. The molecule has 1 rings (SSSR count). The van der Waals surface area contributed by atoms with Crippen LogP contribution in [0.1, 0.15) is 26.3 Å². The summed E-state index contributed by atoms with van der Waals surface area (Å²) >= 11 is 0. The first-order valence-corrected chi connectivity index (χ1v) is 6.46. The van der Waals surface area contributed by atoms with E-state index in [0.29, 0.717) is 0 Å². The van der Waals surface area contributed by atoms with Crippen LogP contribution in [0, 0.1) is 23.3 Å². The van der Waals surface area contributed by atoms with Crippen molar-refractivity contribution in [3.8, 4) is 0 Å². The van der Waals surface area contributed by atoms with Gasteiger partial charge in [-0.15, -0.1) is 0 Å². The first-order chi connectivity index (χ1) is 10.4. The summed E-state index contributed by atoms with van der Waals surface area (Å²) in [5, 5.41) is 10.9. The number of amides is 1. The average molecular weight is 337 g/mol. The van der Waals surface area contributed by atoms with Crippen LogP contribution < -0.4 is 5.32 Å². The van der Waals surface area contributed by atoms with Crippen molar-refractivity contribution < 1.29 is 37.0 Å². The van der Waals surface area contributed by atoms with E-state index in [4.69, 9.17) is 9.84 Å². The molecular weight excluding hydrogens is 322 g/mol. The van der Waals surface area contributed by atoms with Gasteiger partial charge in [-0.3, -0.25) is 0 Å². The SMILES string of the molecule is CC(C)(C)OC(=O)NC(Cc1c(F)c(F)cc(F)c1F)C(=O)O. The summed E-state index contributed by atoms with van der Waals surface area (Å²) in [5.41, 5.74) is -2.06. The number of carbonyl (C=O) groups is 2. The maximum Gasteiger partial charge on any atom is 0.408 e. The number of aliphatic carboxylic acids is 1. The Morgan fingerprint density at radius 2 is 1.65 bits per heavy atom. The van der Waals surface area contributed by atoms with Crippen LogP contribution in [-0.2, 0) is 16.0 Å². The number of ether oxygens (including phenoxy) is 1. The van der Waals surface area contributed by atoms with Crippen LogP contribution in [-0.4, -0.2) is 28.8 Å². The van der Waals surface area contributed by atoms with Gasteiger partial charge in [0.15, 0.2) is 23.3 Å². The van der Waals surface area contributed by atoms with Gasteiger partial charge in [0.25, 0.3) is 0 Å². The molecule has 0 bridgehead atoms. The topological polar surface area (TPSA) is 75.6 Å². The van der Waals surface area contributed by atoms with Gasteiger partial charge in [-0.05, 0) is 20.8 Å². The first kappa shape index (κ1) is 18.7. The molecule has 5 nitrogen and oxygen atoms in total. The minimum Gasteiger partial charge on any atom is -0.480 e. The van der Waals surface area contributed by atoms with Gasteiger partial charge in [-0.1, -0.05) is 0 Å². The number of benzene rings is 1. The molecule has 0 aliphatic heterocycles. The van der Waals surface area contributed by atoms with Crippen molar-refractivity contribution in [2.45, 2.75) is 38.8 Å². The van der Waals surface area contributed by atoms with Crippen LogP contribution in [0.25, 0.3) is 0 Å². The van der Waals surface area contributed by atoms with Gasteiger partial charge in [0, 0.05) is 18.1 Å². The summed E-state index contributed by atoms with van der Waals surface area (Å²) in [6, 6.07) is -1.83. The average Bonchev–Trinajstić information content (AvgIpc) is 2.37. The van der Waals surface area contributed by atoms with Crippen molar-refractivity contribution in [2.24, 2.45) is 0 Å². The molecule has 0 saturated carbocycles. The Morgan fingerprint density at radius 1 is 1.17 bits per heavy atom. The lowest BCUT2D eigenvalue weighted by Gasteiger charge is -2.22. The summed E-state index contributed by atoms with van der Waals surface area (Å²) in [6.07, 6.45) is -2.15. The van der Waals surface area contributed by atoms with Crippen molar-refractivity contribution in [2.75, 3.05) is 0 Å². The third kappa shape index (κ3) is 5.11. The van der Waals surface area contributed by atoms with Crippen molar-refractivity contribution in [3.63, 3.8) is 0 Å². The summed E-state index contributed by atoms with van der Waals surface area (Å²) in [7, 11) is 0. The van der Waals surface area contributed by atoms with Crippen molar-refractivity contribution in [1.82, 2.24) is 5.32 Å². The number of alkyl carbamates (subject to hydrolysis) is 1. The molecule has 9 heteroatoms. The third-order valence-corrected chi connectivity index (χ3v) is 2.60. The predicted octanol–water partition coefficient (Wildman–Crippen LogP) is 2.76. The highest BCUT2D eigenvalue weighted by molar-refractivity contribution is 5.80. The highest BCUT2D eigenvalue weighted by Gasteiger charge is 2.28. The zero-order valence-electron chi connectivity index (χ0n) is 12.5. The number of rotatable bonds is 4. The van der Waals surface area contributed by atoms with E-state index >= 15 is 0 Å². The molecule has 128 valence electrons. The lowest BCUT2D eigenvalue weighted by molar-refractivity contribution is -0.139. The van der Waals surface area contributed by atoms with E-state index in [0.717, 1.165) is 0 Å². The van der Waals surface area contributed by atoms with Gasteiger partial charge in [-0.2, -0.15) is 0 Å². The molecule has 0 heterocycles. The second kappa shape index (κ2) is 6.84. The molecule has 0 aliphatic carbocycles. The van der Waals surface area contributed by atoms with Gasteiger partial charge < -0.3 is 15.2 Å². The van der Waals surface area contributed by atoms with E-state index in [9.17, 15) is 27.2 Å². The lowest BCUT2D eigenvalue weighted by atomic mass is 10.0. The largest absolute Gasteiger partial charge is 0.480 e. The molecule has 0 saturated heterocycles. The maximum absolute atomic E-state index is 13.6. The third-order valence-electron chi connectivity index (χ3n) is 2.60. The van der Waals surface area contributed by atoms with E-state index < -0.39 is 59.0 Å². The first-order valence-electron chi connectivity index (χ1n) is 6.46. The minimum absolute atomic E-state index is 0.00519. The number of hydrogen-bond acceptors (Lipinski definition) is 3. The predicted molar refractivity (Wildman–Crippen MR) is 70.8 cm³/mol. The van der Waals surface area contributed by atoms with Crippen LogP contribution >= 0.6 is 0 Å². The fraction of sp³-hybridized carbons (Fsp3) is 0.429. The van der Waals surface area contributed by atoms with Crippen LogP contribution in [0.4, 0.5) is 22.4 Å². The quantitative estimate of drug-likeness (QED) is 0.654. The number of carbonyl (C=O) groups excluding carboxylic acids is 1. The molecule has 0 spiro atoms. The number of nitrogens with one attached hydrogen (secondary N) is 1. The fourth-order valence-electron chi connectivity index (χ4n) is 1.66. The number of halogens is 4. The number of carboxylic acids is 1. The molecule has 2 N–H and O–H groups in total. The summed E-state index contributed by atoms with van der Waals surface area (Å²) in [5.74, 6) is -8.43. The Bertz CT molecular complexity index is 602. The van der Waals surface area contributed by atoms with Crippen LogP contribution in [0.5, 0.6) is 0 Å². The Hall–Kier alpha value is -2.32. The zero-order valence-corrected chi connectivity index (χ0v) is 12.5. The second-order valence-corrected chi connectivity index (χ2v) is 5.69. The van der Waals surface area contributed by atoms with Gasteiger partial charge in [-0.25, -0.2) is 27.2 Å². The van der Waals surface area contributed by atoms with Gasteiger partial charge in [0.2, 0.25) is 0 Å². The maximum atomic E-state index is 13.6. The molecule has 1 atom stereocenters. The Labute approximate surface area is 129 Å². The number of hydrogen-bond donors (Lipinski definition) is 2. The monoisotopic (exact) mass is 337 g/mol. The highest BCUT2D eigenvalue weighted by Crippen LogP contribution is 2.21. The van der Waals surface area contributed by atoms with Crippen molar-refractivity contribution in [3.05, 3.63) is 34.9 Å². The highest BCUT2D eigenvalue weighted by atomic mass is 19.2. The van der Waals surface area contributed by atoms with E-state index in [1.807, 2.05) is 5.32 Å². The normalized spacial score (nSPS) is 12.7. The van der Waals surface area contributed by atoms with E-state index in [1.165, 1.54) is 20.8 Å². The molecule has 0 aromatic heterocycles. The molecule has 23 heavy (non-hydrogen) atoms. The van der Waals surface area contributed by atoms with E-state index in [2.05, 4.69) is 0 Å². The van der Waals surface area contributed by atoms with Crippen LogP contribution in [0.2, 0.25) is 0 Å². The zero-order chi connectivity index (χ0) is 17.9. The Morgan fingerprint density at radius 3 is 2.04 bits per heavy atom.